The number of nitrogen functional groups attached to an aromatic ring is 1. The lowest BCUT2D eigenvalue weighted by molar-refractivity contribution is 0.108. The molecule has 58 valence electrons. The van der Waals surface area contributed by atoms with Gasteiger partial charge in [-0.3, -0.25) is 4.79 Å². The van der Waals surface area contributed by atoms with Gasteiger partial charge in [0.1, 0.15) is 5.82 Å². The van der Waals surface area contributed by atoms with Crippen molar-refractivity contribution in [3.63, 3.8) is 0 Å². The normalized spacial score (nSPS) is 9.64. The molecule has 0 atom stereocenters. The van der Waals surface area contributed by atoms with Gasteiger partial charge in [-0.25, -0.2) is 4.98 Å². The van der Waals surface area contributed by atoms with Crippen LogP contribution in [-0.2, 0) is 0 Å². The topological polar surface area (TPSA) is 56.0 Å². The Kier molecular flexibility index (Phi) is 2.10. The Labute approximate surface area is 69.2 Å². The highest BCUT2D eigenvalue weighted by molar-refractivity contribution is 6.67. The first-order valence-corrected chi connectivity index (χ1v) is 3.41. The number of aryl methyl sites for hydroxylation is 1. The van der Waals surface area contributed by atoms with Crippen LogP contribution in [0.25, 0.3) is 0 Å². The molecule has 0 amide bonds. The lowest BCUT2D eigenvalue weighted by atomic mass is 10.2. The van der Waals surface area contributed by atoms with Gasteiger partial charge >= 0.3 is 0 Å². The molecule has 0 radical (unpaired) electrons. The van der Waals surface area contributed by atoms with Crippen molar-refractivity contribution in [2.24, 2.45) is 0 Å². The van der Waals surface area contributed by atoms with Crippen molar-refractivity contribution in [1.29, 1.82) is 0 Å². The molecule has 0 aliphatic carbocycles. The van der Waals surface area contributed by atoms with E-state index in [0.29, 0.717) is 11.4 Å². The zero-order chi connectivity index (χ0) is 8.43. The Bertz CT molecular complexity index is 298. The maximum Gasteiger partial charge on any atom is 0.253 e. The van der Waals surface area contributed by atoms with E-state index in [1.807, 2.05) is 0 Å². The van der Waals surface area contributed by atoms with Crippen LogP contribution in [0, 0.1) is 6.92 Å². The predicted octanol–water partition coefficient (Wildman–Crippen LogP) is 1.35. The summed E-state index contributed by atoms with van der Waals surface area (Å²) in [5.41, 5.74) is 6.56. The van der Waals surface area contributed by atoms with Crippen molar-refractivity contribution >= 4 is 22.7 Å². The first-order chi connectivity index (χ1) is 5.11. The smallest absolute Gasteiger partial charge is 0.253 e. The molecule has 4 heteroatoms. The molecule has 0 unspecified atom stereocenters. The Balaban J connectivity index is 3.15. The van der Waals surface area contributed by atoms with E-state index in [0.717, 1.165) is 5.56 Å². The maximum atomic E-state index is 10.6. The van der Waals surface area contributed by atoms with Crippen LogP contribution in [0.5, 0.6) is 0 Å². The zero-order valence-electron chi connectivity index (χ0n) is 5.97. The van der Waals surface area contributed by atoms with E-state index in [9.17, 15) is 4.79 Å². The molecular formula is C7H7ClN2O. The average molecular weight is 171 g/mol. The number of pyridine rings is 1. The first kappa shape index (κ1) is 8.01. The summed E-state index contributed by atoms with van der Waals surface area (Å²) in [5, 5.41) is -0.513. The van der Waals surface area contributed by atoms with Gasteiger partial charge in [-0.15, -0.1) is 0 Å². The molecule has 1 rings (SSSR count). The SMILES string of the molecule is Cc1cc(C(=O)Cl)cnc1N. The van der Waals surface area contributed by atoms with Crippen LogP contribution in [-0.4, -0.2) is 10.2 Å². The minimum atomic E-state index is -0.513. The molecule has 0 aliphatic heterocycles. The van der Waals surface area contributed by atoms with E-state index in [1.165, 1.54) is 6.20 Å². The summed E-state index contributed by atoms with van der Waals surface area (Å²) < 4.78 is 0. The summed E-state index contributed by atoms with van der Waals surface area (Å²) >= 11 is 5.21. The van der Waals surface area contributed by atoms with Gasteiger partial charge in [-0.05, 0) is 30.2 Å². The van der Waals surface area contributed by atoms with E-state index in [1.54, 1.807) is 13.0 Å². The van der Waals surface area contributed by atoms with Crippen LogP contribution in [0.3, 0.4) is 0 Å². The summed E-state index contributed by atoms with van der Waals surface area (Å²) in [5.74, 6) is 0.423. The molecule has 0 saturated heterocycles. The summed E-state index contributed by atoms with van der Waals surface area (Å²) in [4.78, 5) is 14.4. The molecule has 11 heavy (non-hydrogen) atoms. The summed E-state index contributed by atoms with van der Waals surface area (Å²) in [6.45, 7) is 1.77. The summed E-state index contributed by atoms with van der Waals surface area (Å²) in [6.07, 6.45) is 1.36. The number of anilines is 1. The highest BCUT2D eigenvalue weighted by atomic mass is 35.5. The van der Waals surface area contributed by atoms with Crippen molar-refractivity contribution in [1.82, 2.24) is 4.98 Å². The van der Waals surface area contributed by atoms with E-state index in [-0.39, 0.29) is 0 Å². The van der Waals surface area contributed by atoms with Gasteiger partial charge in [0.2, 0.25) is 0 Å². The molecule has 0 spiro atoms. The Hall–Kier alpha value is -1.09. The molecular weight excluding hydrogens is 164 g/mol. The minimum Gasteiger partial charge on any atom is -0.383 e. The molecule has 1 aromatic heterocycles. The molecule has 0 aliphatic rings. The van der Waals surface area contributed by atoms with Crippen LogP contribution in [0.2, 0.25) is 0 Å². The third-order valence-electron chi connectivity index (χ3n) is 1.35. The number of hydrogen-bond donors (Lipinski definition) is 1. The van der Waals surface area contributed by atoms with E-state index in [4.69, 9.17) is 17.3 Å². The Morgan fingerprint density at radius 2 is 2.36 bits per heavy atom. The molecule has 1 heterocycles. The second-order valence-electron chi connectivity index (χ2n) is 2.20. The van der Waals surface area contributed by atoms with Crippen LogP contribution in [0.1, 0.15) is 15.9 Å². The molecule has 0 aromatic carbocycles. The highest BCUT2D eigenvalue weighted by Gasteiger charge is 2.03. The van der Waals surface area contributed by atoms with Crippen LogP contribution >= 0.6 is 11.6 Å². The zero-order valence-corrected chi connectivity index (χ0v) is 6.72. The number of nitrogens with zero attached hydrogens (tertiary/aromatic N) is 1. The fourth-order valence-corrected chi connectivity index (χ4v) is 0.796. The highest BCUT2D eigenvalue weighted by Crippen LogP contribution is 2.10. The van der Waals surface area contributed by atoms with Gasteiger partial charge in [0, 0.05) is 6.20 Å². The summed E-state index contributed by atoms with van der Waals surface area (Å²) in [7, 11) is 0. The lowest BCUT2D eigenvalue weighted by Crippen LogP contribution is -1.97. The number of carbonyl (C=O) groups is 1. The largest absolute Gasteiger partial charge is 0.383 e. The fraction of sp³-hybridized carbons (Fsp3) is 0.143. The van der Waals surface area contributed by atoms with Crippen molar-refractivity contribution in [2.75, 3.05) is 5.73 Å². The number of aromatic nitrogens is 1. The van der Waals surface area contributed by atoms with E-state index < -0.39 is 5.24 Å². The Morgan fingerprint density at radius 1 is 1.73 bits per heavy atom. The van der Waals surface area contributed by atoms with Crippen molar-refractivity contribution in [3.05, 3.63) is 23.4 Å². The second kappa shape index (κ2) is 2.88. The quantitative estimate of drug-likeness (QED) is 0.648. The third kappa shape index (κ3) is 1.68. The fourth-order valence-electron chi connectivity index (χ4n) is 0.693. The lowest BCUT2D eigenvalue weighted by Gasteiger charge is -1.98. The average Bonchev–Trinajstić information content (AvgIpc) is 1.94. The molecule has 3 nitrogen and oxygen atoms in total. The van der Waals surface area contributed by atoms with Gasteiger partial charge in [0.25, 0.3) is 5.24 Å². The molecule has 2 N–H and O–H groups in total. The van der Waals surface area contributed by atoms with Gasteiger partial charge in [0.05, 0.1) is 5.56 Å². The van der Waals surface area contributed by atoms with Gasteiger partial charge in [0.15, 0.2) is 0 Å². The first-order valence-electron chi connectivity index (χ1n) is 3.03. The van der Waals surface area contributed by atoms with Crippen molar-refractivity contribution < 1.29 is 4.79 Å². The van der Waals surface area contributed by atoms with Gasteiger partial charge in [-0.1, -0.05) is 0 Å². The van der Waals surface area contributed by atoms with E-state index >= 15 is 0 Å². The van der Waals surface area contributed by atoms with Gasteiger partial charge < -0.3 is 5.73 Å². The van der Waals surface area contributed by atoms with E-state index in [2.05, 4.69) is 4.98 Å². The molecule has 0 saturated carbocycles. The second-order valence-corrected chi connectivity index (χ2v) is 2.54. The molecule has 0 bridgehead atoms. The standard InChI is InChI=1S/C7H7ClN2O/c1-4-2-5(6(8)11)3-10-7(4)9/h2-3H,1H3,(H2,9,10). The number of carbonyl (C=O) groups excluding carboxylic acids is 1. The number of nitrogens with two attached hydrogens (primary N) is 1. The molecule has 1 aromatic rings. The van der Waals surface area contributed by atoms with Crippen LogP contribution in [0.15, 0.2) is 12.3 Å². The molecule has 0 fully saturated rings. The number of rotatable bonds is 1. The van der Waals surface area contributed by atoms with Crippen molar-refractivity contribution in [2.45, 2.75) is 6.92 Å². The summed E-state index contributed by atoms with van der Waals surface area (Å²) in [6, 6.07) is 1.61. The van der Waals surface area contributed by atoms with Crippen molar-refractivity contribution in [3.8, 4) is 0 Å². The number of halogens is 1. The van der Waals surface area contributed by atoms with Crippen LogP contribution in [0.4, 0.5) is 5.82 Å². The predicted molar refractivity (Wildman–Crippen MR) is 43.6 cm³/mol. The maximum absolute atomic E-state index is 10.6. The van der Waals surface area contributed by atoms with Gasteiger partial charge in [-0.2, -0.15) is 0 Å². The minimum absolute atomic E-state index is 0.373. The third-order valence-corrected chi connectivity index (χ3v) is 1.56. The number of hydrogen-bond acceptors (Lipinski definition) is 3. The monoisotopic (exact) mass is 170 g/mol. The van der Waals surface area contributed by atoms with Crippen LogP contribution < -0.4 is 5.73 Å². The Morgan fingerprint density at radius 3 is 2.82 bits per heavy atom.